The number of fused-ring (bicyclic) bond motifs is 1. The van der Waals surface area contributed by atoms with Crippen LogP contribution >= 0.6 is 0 Å². The molecular formula is C16H22N4O. The average molecular weight is 286 g/mol. The predicted molar refractivity (Wildman–Crippen MR) is 87.1 cm³/mol. The van der Waals surface area contributed by atoms with Gasteiger partial charge in [-0.15, -0.1) is 0 Å². The lowest BCUT2D eigenvalue weighted by Gasteiger charge is -2.20. The Morgan fingerprint density at radius 3 is 2.76 bits per heavy atom. The maximum absolute atomic E-state index is 7.76. The summed E-state index contributed by atoms with van der Waals surface area (Å²) < 4.78 is 5.56. The molecule has 3 N–H and O–H groups in total. The van der Waals surface area contributed by atoms with Gasteiger partial charge in [-0.1, -0.05) is 18.2 Å². The van der Waals surface area contributed by atoms with E-state index in [1.165, 1.54) is 0 Å². The van der Waals surface area contributed by atoms with E-state index in [4.69, 9.17) is 15.9 Å². The second-order valence-corrected chi connectivity index (χ2v) is 5.30. The molecule has 2 rings (SSSR count). The van der Waals surface area contributed by atoms with Gasteiger partial charge in [0.25, 0.3) is 0 Å². The number of benzene rings is 1. The molecule has 0 aliphatic heterocycles. The third-order valence-electron chi connectivity index (χ3n) is 3.26. The van der Waals surface area contributed by atoms with Gasteiger partial charge in [0.2, 0.25) is 0 Å². The van der Waals surface area contributed by atoms with Crippen molar-refractivity contribution in [1.29, 1.82) is 5.41 Å². The van der Waals surface area contributed by atoms with E-state index in [0.717, 1.165) is 23.3 Å². The van der Waals surface area contributed by atoms with Gasteiger partial charge in [0, 0.05) is 24.5 Å². The average Bonchev–Trinajstić information content (AvgIpc) is 2.45. The Bertz CT molecular complexity index is 639. The monoisotopic (exact) mass is 286 g/mol. The van der Waals surface area contributed by atoms with Crippen molar-refractivity contribution in [2.75, 3.05) is 25.1 Å². The van der Waals surface area contributed by atoms with E-state index >= 15 is 0 Å². The van der Waals surface area contributed by atoms with E-state index in [2.05, 4.69) is 4.98 Å². The molecule has 0 saturated heterocycles. The van der Waals surface area contributed by atoms with E-state index in [1.54, 1.807) is 0 Å². The molecule has 0 aliphatic rings. The molecule has 2 aromatic rings. The molecular weight excluding hydrogens is 264 g/mol. The minimum Gasteiger partial charge on any atom is -0.384 e. The number of likely N-dealkylation sites (N-methyl/N-ethyl adjacent to an activating group) is 1. The normalized spacial score (nSPS) is 11.0. The van der Waals surface area contributed by atoms with Crippen molar-refractivity contribution in [3.63, 3.8) is 0 Å². The van der Waals surface area contributed by atoms with Crippen LogP contribution in [0, 0.1) is 5.41 Å². The Balaban J connectivity index is 2.29. The van der Waals surface area contributed by atoms with Crippen molar-refractivity contribution in [3.8, 4) is 0 Å². The quantitative estimate of drug-likeness (QED) is 0.631. The molecule has 0 fully saturated rings. The van der Waals surface area contributed by atoms with Crippen molar-refractivity contribution < 1.29 is 4.74 Å². The van der Waals surface area contributed by atoms with Crippen LogP contribution in [0.3, 0.4) is 0 Å². The standard InChI is InChI=1S/C16H22N4O/c1-11(2)21-9-8-20(3)15-10-13(16(17)18)12-6-4-5-7-14(12)19-15/h4-7,10-11H,8-9H2,1-3H3,(H3,17,18). The van der Waals surface area contributed by atoms with Crippen molar-refractivity contribution in [2.45, 2.75) is 20.0 Å². The number of amidine groups is 1. The smallest absolute Gasteiger partial charge is 0.129 e. The summed E-state index contributed by atoms with van der Waals surface area (Å²) in [6.45, 7) is 5.41. The fourth-order valence-electron chi connectivity index (χ4n) is 2.12. The van der Waals surface area contributed by atoms with Gasteiger partial charge >= 0.3 is 0 Å². The highest BCUT2D eigenvalue weighted by atomic mass is 16.5. The largest absolute Gasteiger partial charge is 0.384 e. The Morgan fingerprint density at radius 2 is 2.10 bits per heavy atom. The van der Waals surface area contributed by atoms with Crippen LogP contribution in [0.15, 0.2) is 30.3 Å². The Hall–Kier alpha value is -2.14. The molecule has 0 spiro atoms. The van der Waals surface area contributed by atoms with Gasteiger partial charge in [0.1, 0.15) is 11.7 Å². The van der Waals surface area contributed by atoms with Crippen LogP contribution < -0.4 is 10.6 Å². The molecule has 5 nitrogen and oxygen atoms in total. The summed E-state index contributed by atoms with van der Waals surface area (Å²) in [4.78, 5) is 6.65. The van der Waals surface area contributed by atoms with E-state index < -0.39 is 0 Å². The van der Waals surface area contributed by atoms with Gasteiger partial charge in [-0.3, -0.25) is 5.41 Å². The van der Waals surface area contributed by atoms with Crippen LogP contribution in [0.25, 0.3) is 10.9 Å². The third kappa shape index (κ3) is 3.70. The number of pyridine rings is 1. The lowest BCUT2D eigenvalue weighted by Crippen LogP contribution is -2.25. The first kappa shape index (κ1) is 15.3. The minimum absolute atomic E-state index is 0.0571. The minimum atomic E-state index is 0.0571. The number of nitrogens with zero attached hydrogens (tertiary/aromatic N) is 2. The number of nitrogens with two attached hydrogens (primary N) is 1. The first-order chi connectivity index (χ1) is 9.99. The molecule has 5 heteroatoms. The highest BCUT2D eigenvalue weighted by Crippen LogP contribution is 2.22. The Morgan fingerprint density at radius 1 is 1.38 bits per heavy atom. The van der Waals surface area contributed by atoms with E-state index in [-0.39, 0.29) is 11.9 Å². The second-order valence-electron chi connectivity index (χ2n) is 5.30. The first-order valence-corrected chi connectivity index (χ1v) is 7.06. The second kappa shape index (κ2) is 6.54. The molecule has 112 valence electrons. The summed E-state index contributed by atoms with van der Waals surface area (Å²) in [5, 5.41) is 8.66. The summed E-state index contributed by atoms with van der Waals surface area (Å²) in [7, 11) is 1.96. The SMILES string of the molecule is CC(C)OCCN(C)c1cc(C(=N)N)c2ccccc2n1. The summed E-state index contributed by atoms with van der Waals surface area (Å²) in [6, 6.07) is 9.59. The summed E-state index contributed by atoms with van der Waals surface area (Å²) in [5.74, 6) is 0.855. The lowest BCUT2D eigenvalue weighted by atomic mass is 10.1. The van der Waals surface area contributed by atoms with Gasteiger partial charge < -0.3 is 15.4 Å². The highest BCUT2D eigenvalue weighted by molar-refractivity contribution is 6.07. The zero-order chi connectivity index (χ0) is 15.4. The number of para-hydroxylation sites is 1. The number of rotatable bonds is 6. The van der Waals surface area contributed by atoms with Crippen LogP contribution in [0.4, 0.5) is 5.82 Å². The zero-order valence-corrected chi connectivity index (χ0v) is 12.8. The molecule has 21 heavy (non-hydrogen) atoms. The molecule has 0 bridgehead atoms. The number of ether oxygens (including phenoxy) is 1. The molecule has 1 aromatic heterocycles. The van der Waals surface area contributed by atoms with E-state index in [9.17, 15) is 0 Å². The van der Waals surface area contributed by atoms with Crippen LogP contribution in [0.5, 0.6) is 0 Å². The third-order valence-corrected chi connectivity index (χ3v) is 3.26. The topological polar surface area (TPSA) is 75.2 Å². The van der Waals surface area contributed by atoms with Crippen LogP contribution in [0.2, 0.25) is 0 Å². The van der Waals surface area contributed by atoms with Gasteiger partial charge in [-0.05, 0) is 26.0 Å². The van der Waals surface area contributed by atoms with Crippen LogP contribution in [-0.2, 0) is 4.74 Å². The van der Waals surface area contributed by atoms with Crippen molar-refractivity contribution in [1.82, 2.24) is 4.98 Å². The molecule has 0 atom stereocenters. The number of aromatic nitrogens is 1. The first-order valence-electron chi connectivity index (χ1n) is 7.06. The molecule has 0 saturated carbocycles. The van der Waals surface area contributed by atoms with Gasteiger partial charge in [0.15, 0.2) is 0 Å². The van der Waals surface area contributed by atoms with Gasteiger partial charge in [-0.25, -0.2) is 4.98 Å². The number of anilines is 1. The molecule has 0 aliphatic carbocycles. The van der Waals surface area contributed by atoms with E-state index in [0.29, 0.717) is 12.2 Å². The Labute approximate surface area is 125 Å². The fourth-order valence-corrected chi connectivity index (χ4v) is 2.12. The molecule has 0 amide bonds. The summed E-state index contributed by atoms with van der Waals surface area (Å²) >= 11 is 0. The maximum atomic E-state index is 7.76. The lowest BCUT2D eigenvalue weighted by molar-refractivity contribution is 0.0845. The maximum Gasteiger partial charge on any atom is 0.129 e. The molecule has 0 unspecified atom stereocenters. The van der Waals surface area contributed by atoms with Crippen molar-refractivity contribution >= 4 is 22.6 Å². The van der Waals surface area contributed by atoms with Crippen molar-refractivity contribution in [2.24, 2.45) is 5.73 Å². The van der Waals surface area contributed by atoms with Gasteiger partial charge in [0.05, 0.1) is 18.2 Å². The predicted octanol–water partition coefficient (Wildman–Crippen LogP) is 2.38. The fraction of sp³-hybridized carbons (Fsp3) is 0.375. The van der Waals surface area contributed by atoms with Gasteiger partial charge in [-0.2, -0.15) is 0 Å². The summed E-state index contributed by atoms with van der Waals surface area (Å²) in [6.07, 6.45) is 0.218. The van der Waals surface area contributed by atoms with E-state index in [1.807, 2.05) is 56.1 Å². The Kier molecular flexibility index (Phi) is 4.75. The number of nitrogens with one attached hydrogen (secondary N) is 1. The molecule has 0 radical (unpaired) electrons. The molecule has 1 aromatic carbocycles. The number of hydrogen-bond acceptors (Lipinski definition) is 4. The summed E-state index contributed by atoms with van der Waals surface area (Å²) in [5.41, 5.74) is 7.26. The highest BCUT2D eigenvalue weighted by Gasteiger charge is 2.10. The van der Waals surface area contributed by atoms with Crippen LogP contribution in [0.1, 0.15) is 19.4 Å². The molecule has 1 heterocycles. The van der Waals surface area contributed by atoms with Crippen molar-refractivity contribution in [3.05, 3.63) is 35.9 Å². The number of hydrogen-bond donors (Lipinski definition) is 2. The zero-order valence-electron chi connectivity index (χ0n) is 12.8. The van der Waals surface area contributed by atoms with Crippen LogP contribution in [-0.4, -0.2) is 37.1 Å². The number of nitrogen functional groups attached to an aromatic ring is 1.